The maximum atomic E-state index is 12.9. The topological polar surface area (TPSA) is 34.1 Å². The van der Waals surface area contributed by atoms with Crippen LogP contribution in [0.3, 0.4) is 0 Å². The number of rotatable bonds is 3. The quantitative estimate of drug-likeness (QED) is 0.694. The SMILES string of the molecule is CS(=O)(=O)c1ccc(-c2ccc(-c3ccc(F)cc3)s2)s1. The molecule has 0 spiro atoms. The van der Waals surface area contributed by atoms with Gasteiger partial charge in [-0.3, -0.25) is 0 Å². The smallest absolute Gasteiger partial charge is 0.184 e. The van der Waals surface area contributed by atoms with E-state index in [-0.39, 0.29) is 5.82 Å². The van der Waals surface area contributed by atoms with Crippen LogP contribution in [0.5, 0.6) is 0 Å². The number of hydrogen-bond acceptors (Lipinski definition) is 4. The van der Waals surface area contributed by atoms with Crippen LogP contribution in [0.25, 0.3) is 20.2 Å². The average Bonchev–Trinajstić information content (AvgIpc) is 3.07. The Kier molecular flexibility index (Phi) is 3.69. The van der Waals surface area contributed by atoms with Crippen LogP contribution in [-0.2, 0) is 9.84 Å². The van der Waals surface area contributed by atoms with Gasteiger partial charge in [0.15, 0.2) is 9.84 Å². The van der Waals surface area contributed by atoms with Gasteiger partial charge in [0.25, 0.3) is 0 Å². The van der Waals surface area contributed by atoms with E-state index in [1.165, 1.54) is 29.7 Å². The highest BCUT2D eigenvalue weighted by molar-refractivity contribution is 7.92. The van der Waals surface area contributed by atoms with Gasteiger partial charge in [0, 0.05) is 20.9 Å². The number of sulfone groups is 1. The molecule has 6 heteroatoms. The summed E-state index contributed by atoms with van der Waals surface area (Å²) < 4.78 is 36.3. The summed E-state index contributed by atoms with van der Waals surface area (Å²) in [4.78, 5) is 2.96. The van der Waals surface area contributed by atoms with Gasteiger partial charge in [-0.05, 0) is 42.0 Å². The molecule has 2 aromatic heterocycles. The molecule has 3 aromatic rings. The third-order valence-corrected chi connectivity index (χ3v) is 7.16. The molecule has 2 nitrogen and oxygen atoms in total. The van der Waals surface area contributed by atoms with E-state index in [4.69, 9.17) is 0 Å². The summed E-state index contributed by atoms with van der Waals surface area (Å²) in [6, 6.07) is 13.7. The van der Waals surface area contributed by atoms with Gasteiger partial charge in [-0.25, -0.2) is 12.8 Å². The predicted octanol–water partition coefficient (Wildman–Crippen LogP) is 4.69. The van der Waals surface area contributed by atoms with E-state index in [1.54, 1.807) is 29.5 Å². The van der Waals surface area contributed by atoms with Gasteiger partial charge in [0.05, 0.1) is 0 Å². The Morgan fingerprint density at radius 1 is 0.810 bits per heavy atom. The molecule has 21 heavy (non-hydrogen) atoms. The van der Waals surface area contributed by atoms with Crippen LogP contribution in [0.4, 0.5) is 4.39 Å². The Morgan fingerprint density at radius 2 is 1.38 bits per heavy atom. The first-order valence-corrected chi connectivity index (χ1v) is 9.62. The zero-order chi connectivity index (χ0) is 15.0. The molecule has 3 rings (SSSR count). The highest BCUT2D eigenvalue weighted by atomic mass is 32.2. The Labute approximate surface area is 130 Å². The summed E-state index contributed by atoms with van der Waals surface area (Å²) in [6.45, 7) is 0. The number of hydrogen-bond donors (Lipinski definition) is 0. The molecule has 2 heterocycles. The summed E-state index contributed by atoms with van der Waals surface area (Å²) in [5.41, 5.74) is 0.951. The van der Waals surface area contributed by atoms with E-state index in [2.05, 4.69) is 0 Å². The highest BCUT2D eigenvalue weighted by Gasteiger charge is 2.13. The first-order chi connectivity index (χ1) is 9.93. The van der Waals surface area contributed by atoms with Crippen LogP contribution >= 0.6 is 22.7 Å². The molecule has 0 aliphatic carbocycles. The minimum Gasteiger partial charge on any atom is -0.223 e. The van der Waals surface area contributed by atoms with Gasteiger partial charge < -0.3 is 0 Å². The van der Waals surface area contributed by atoms with Crippen molar-refractivity contribution >= 4 is 32.5 Å². The Balaban J connectivity index is 1.95. The fraction of sp³-hybridized carbons (Fsp3) is 0.0667. The summed E-state index contributed by atoms with van der Waals surface area (Å²) >= 11 is 2.83. The fourth-order valence-electron chi connectivity index (χ4n) is 1.89. The van der Waals surface area contributed by atoms with E-state index in [0.717, 1.165) is 20.2 Å². The molecule has 0 saturated heterocycles. The molecule has 0 saturated carbocycles. The molecule has 0 aliphatic rings. The molecular formula is C15H11FO2S3. The van der Waals surface area contributed by atoms with Crippen molar-refractivity contribution in [1.82, 2.24) is 0 Å². The second-order valence-corrected chi connectivity index (χ2v) is 8.97. The summed E-state index contributed by atoms with van der Waals surface area (Å²) in [5, 5.41) is 0. The summed E-state index contributed by atoms with van der Waals surface area (Å²) in [7, 11) is -3.16. The molecule has 0 amide bonds. The lowest BCUT2D eigenvalue weighted by atomic mass is 10.2. The van der Waals surface area contributed by atoms with Crippen molar-refractivity contribution in [2.75, 3.05) is 6.26 Å². The number of halogens is 1. The third-order valence-electron chi connectivity index (χ3n) is 2.92. The molecule has 108 valence electrons. The van der Waals surface area contributed by atoms with Crippen molar-refractivity contribution in [3.05, 3.63) is 54.3 Å². The first-order valence-electron chi connectivity index (χ1n) is 6.09. The van der Waals surface area contributed by atoms with E-state index in [0.29, 0.717) is 4.21 Å². The fourth-order valence-corrected chi connectivity index (χ4v) is 4.92. The Morgan fingerprint density at radius 3 is 2.00 bits per heavy atom. The van der Waals surface area contributed by atoms with Crippen LogP contribution in [0, 0.1) is 5.82 Å². The van der Waals surface area contributed by atoms with Crippen LogP contribution in [0.15, 0.2) is 52.7 Å². The average molecular weight is 338 g/mol. The van der Waals surface area contributed by atoms with E-state index in [1.807, 2.05) is 18.2 Å². The minimum atomic E-state index is -3.16. The van der Waals surface area contributed by atoms with Crippen LogP contribution < -0.4 is 0 Å². The predicted molar refractivity (Wildman–Crippen MR) is 86.1 cm³/mol. The van der Waals surface area contributed by atoms with Crippen molar-refractivity contribution in [2.45, 2.75) is 4.21 Å². The normalized spacial score (nSPS) is 11.7. The second-order valence-electron chi connectivity index (χ2n) is 4.56. The van der Waals surface area contributed by atoms with Crippen molar-refractivity contribution in [1.29, 1.82) is 0 Å². The second kappa shape index (κ2) is 5.36. The molecule has 0 unspecified atom stereocenters. The summed E-state index contributed by atoms with van der Waals surface area (Å²) in [6.07, 6.45) is 1.21. The highest BCUT2D eigenvalue weighted by Crippen LogP contribution is 2.38. The monoisotopic (exact) mass is 338 g/mol. The number of thiophene rings is 2. The van der Waals surface area contributed by atoms with Crippen molar-refractivity contribution in [3.63, 3.8) is 0 Å². The Bertz CT molecular complexity index is 874. The van der Waals surface area contributed by atoms with Crippen molar-refractivity contribution < 1.29 is 12.8 Å². The summed E-state index contributed by atoms with van der Waals surface area (Å²) in [5.74, 6) is -0.258. The van der Waals surface area contributed by atoms with Gasteiger partial charge in [0.1, 0.15) is 10.0 Å². The zero-order valence-electron chi connectivity index (χ0n) is 11.0. The minimum absolute atomic E-state index is 0.258. The maximum absolute atomic E-state index is 12.9. The van der Waals surface area contributed by atoms with E-state index in [9.17, 15) is 12.8 Å². The molecule has 0 radical (unpaired) electrons. The van der Waals surface area contributed by atoms with Crippen LogP contribution in [-0.4, -0.2) is 14.7 Å². The third kappa shape index (κ3) is 3.07. The lowest BCUT2D eigenvalue weighted by Gasteiger charge is -1.96. The van der Waals surface area contributed by atoms with E-state index < -0.39 is 9.84 Å². The maximum Gasteiger partial charge on any atom is 0.184 e. The Hall–Kier alpha value is -1.50. The van der Waals surface area contributed by atoms with E-state index >= 15 is 0 Å². The van der Waals surface area contributed by atoms with Crippen molar-refractivity contribution in [3.8, 4) is 20.2 Å². The lowest BCUT2D eigenvalue weighted by Crippen LogP contribution is -1.91. The van der Waals surface area contributed by atoms with Crippen molar-refractivity contribution in [2.24, 2.45) is 0 Å². The lowest BCUT2D eigenvalue weighted by molar-refractivity contribution is 0.604. The van der Waals surface area contributed by atoms with Gasteiger partial charge >= 0.3 is 0 Å². The van der Waals surface area contributed by atoms with Gasteiger partial charge in [0.2, 0.25) is 0 Å². The van der Waals surface area contributed by atoms with Gasteiger partial charge in [-0.1, -0.05) is 12.1 Å². The molecular weight excluding hydrogens is 327 g/mol. The zero-order valence-corrected chi connectivity index (χ0v) is 13.5. The molecule has 0 bridgehead atoms. The number of benzene rings is 1. The molecule has 1 aromatic carbocycles. The van der Waals surface area contributed by atoms with Crippen LogP contribution in [0.1, 0.15) is 0 Å². The molecule has 0 N–H and O–H groups in total. The molecule has 0 fully saturated rings. The first kappa shape index (κ1) is 14.4. The van der Waals surface area contributed by atoms with Gasteiger partial charge in [-0.2, -0.15) is 0 Å². The molecule has 0 atom stereocenters. The molecule has 0 aliphatic heterocycles. The largest absolute Gasteiger partial charge is 0.223 e. The van der Waals surface area contributed by atoms with Crippen LogP contribution in [0.2, 0.25) is 0 Å². The standard InChI is InChI=1S/C15H11FO2S3/c1-21(17,18)15-9-8-14(20-15)13-7-6-12(19-13)10-2-4-11(16)5-3-10/h2-9H,1H3. The van der Waals surface area contributed by atoms with Gasteiger partial charge in [-0.15, -0.1) is 22.7 Å².